The van der Waals surface area contributed by atoms with Crippen LogP contribution < -0.4 is 106 Å². The van der Waals surface area contributed by atoms with Crippen molar-refractivity contribution in [2.45, 2.75) is 285 Å². The van der Waals surface area contributed by atoms with E-state index in [9.17, 15) is 76.7 Å². The van der Waals surface area contributed by atoms with E-state index in [0.29, 0.717) is 166 Å². The predicted molar refractivity (Wildman–Crippen MR) is 490 cm³/mol. The summed E-state index contributed by atoms with van der Waals surface area (Å²) in [5.74, 6) is -8.42. The highest BCUT2D eigenvalue weighted by atomic mass is 32.2. The average Bonchev–Trinajstić information content (AvgIpc) is 1.70. The van der Waals surface area contributed by atoms with Crippen LogP contribution in [0.3, 0.4) is 0 Å². The van der Waals surface area contributed by atoms with Gasteiger partial charge in [-0.05, 0) is 270 Å². The van der Waals surface area contributed by atoms with Gasteiger partial charge >= 0.3 is 0 Å². The number of imide groups is 1. The summed E-state index contributed by atoms with van der Waals surface area (Å²) in [6.07, 6.45) is 13.9. The third-order valence-electron chi connectivity index (χ3n) is 21.7. The van der Waals surface area contributed by atoms with E-state index in [1.807, 2.05) is 0 Å². The number of carbonyl (C=O) groups is 16. The average molecular weight is 1860 g/mol. The Morgan fingerprint density at radius 2 is 0.612 bits per heavy atom. The van der Waals surface area contributed by atoms with E-state index >= 15 is 0 Å². The molecule has 4 rings (SSSR count). The number of unbranched alkanes of at least 4 members (excludes halogenated alkanes) is 8. The minimum atomic E-state index is -1.21. The highest BCUT2D eigenvalue weighted by Gasteiger charge is 2.38. The second-order valence-corrected chi connectivity index (χ2v) is 34.8. The molecule has 12 atom stereocenters. The van der Waals surface area contributed by atoms with Crippen molar-refractivity contribution in [1.29, 1.82) is 0 Å². The number of amides is 16. The van der Waals surface area contributed by atoms with Crippen LogP contribution in [0.5, 0.6) is 0 Å². The molecule has 0 radical (unpaired) electrons. The molecule has 1 aromatic heterocycles. The standard InChI is InChI=1S/C85H150N24O18S2/c1-56-73(113)98-60(28-11-19-38-86-5)77(117)94-58(3)75(115)100-64(32-15-23-42-90-9)81(121)104-66(83(123)102-62(79(119)96-56)30-13-21-40-88-7)34-17-25-44-92-69(110)36-27-52-129-71-55-108(107-106-71)46-48-126-50-51-127-49-47-109-72(112)54-68(85(109)125)128-53-37-70(111)93-45-26-18-35-67-84(124)103-63(31-14-22-41-89-8)80(120)97-57(2)74(114)99-61(29-12-20-39-87-6)78(118)95-59(4)76(116)101-65(82(122)105-67)33-16-24-43-91-10/h54-67,86-91H,11-53H2,1-10H3,(H,92,110)(H,93,111)(H,94,117)(H,95,118)(H,96,119)(H,97,120)(H,98,113)(H,99,114)(H,100,115)(H,101,116)(H,102,123)(H,103,124)(H,104,121)(H,105,122)/t56-,57-,58-,59-,60+,61+,62+,63+,64+,65+,66-,67-/m1/s1. The van der Waals surface area contributed by atoms with Gasteiger partial charge < -0.3 is 116 Å². The zero-order chi connectivity index (χ0) is 94.7. The van der Waals surface area contributed by atoms with Gasteiger partial charge in [-0.1, -0.05) is 5.21 Å². The van der Waals surface area contributed by atoms with E-state index < -0.39 is 155 Å². The Morgan fingerprint density at radius 1 is 0.333 bits per heavy atom. The number of hydrogen-bond donors (Lipinski definition) is 20. The van der Waals surface area contributed by atoms with Crippen LogP contribution in [-0.4, -0.2) is 326 Å². The van der Waals surface area contributed by atoms with Gasteiger partial charge in [-0.25, -0.2) is 4.68 Å². The van der Waals surface area contributed by atoms with Crippen LogP contribution in [0.15, 0.2) is 22.2 Å². The summed E-state index contributed by atoms with van der Waals surface area (Å²) in [5, 5.41) is 66.3. The van der Waals surface area contributed by atoms with Gasteiger partial charge in [-0.15, -0.1) is 28.6 Å². The summed E-state index contributed by atoms with van der Waals surface area (Å²) in [7, 11) is 10.8. The molecule has 2 saturated heterocycles. The molecule has 0 aliphatic carbocycles. The lowest BCUT2D eigenvalue weighted by Gasteiger charge is -2.28. The second-order valence-electron chi connectivity index (χ2n) is 32.6. The number of nitrogens with one attached hydrogen (secondary N) is 20. The second kappa shape index (κ2) is 66.4. The van der Waals surface area contributed by atoms with Crippen molar-refractivity contribution in [3.63, 3.8) is 0 Å². The Balaban J connectivity index is 1.19. The maximum absolute atomic E-state index is 14.4. The fourth-order valence-corrected chi connectivity index (χ4v) is 15.7. The first-order chi connectivity index (χ1) is 62.1. The summed E-state index contributed by atoms with van der Waals surface area (Å²) < 4.78 is 13.0. The lowest BCUT2D eigenvalue weighted by molar-refractivity contribution is -0.138. The van der Waals surface area contributed by atoms with E-state index in [2.05, 4.69) is 117 Å². The van der Waals surface area contributed by atoms with Gasteiger partial charge in [0.1, 0.15) is 77.5 Å². The van der Waals surface area contributed by atoms with Crippen LogP contribution >= 0.6 is 23.5 Å². The smallest absolute Gasteiger partial charge is 0.267 e. The molecule has 129 heavy (non-hydrogen) atoms. The van der Waals surface area contributed by atoms with Gasteiger partial charge in [0.25, 0.3) is 11.8 Å². The Bertz CT molecular complexity index is 3660. The highest BCUT2D eigenvalue weighted by molar-refractivity contribution is 8.04. The summed E-state index contributed by atoms with van der Waals surface area (Å²) in [6.45, 7) is 11.3. The normalized spacial score (nSPS) is 22.4. The zero-order valence-electron chi connectivity index (χ0n) is 77.4. The van der Waals surface area contributed by atoms with Crippen LogP contribution in [0.25, 0.3) is 0 Å². The van der Waals surface area contributed by atoms with E-state index in [1.165, 1.54) is 45.5 Å². The molecule has 2 fully saturated rings. The Hall–Kier alpha value is -9.02. The topological polar surface area (TPSA) is 566 Å². The summed E-state index contributed by atoms with van der Waals surface area (Å²) in [4.78, 5) is 221. The minimum absolute atomic E-state index is 0.00731. The van der Waals surface area contributed by atoms with Crippen molar-refractivity contribution in [2.24, 2.45) is 0 Å². The minimum Gasteiger partial charge on any atom is -0.377 e. The Kier molecular flexibility index (Phi) is 57.8. The third-order valence-corrected chi connectivity index (χ3v) is 23.7. The van der Waals surface area contributed by atoms with Gasteiger partial charge in [0.2, 0.25) is 82.7 Å². The van der Waals surface area contributed by atoms with Crippen LogP contribution in [0.1, 0.15) is 201 Å². The van der Waals surface area contributed by atoms with Crippen molar-refractivity contribution in [3.8, 4) is 0 Å². The summed E-state index contributed by atoms with van der Waals surface area (Å²) in [5.41, 5.74) is 0. The number of thioether (sulfide) groups is 2. The molecule has 42 nitrogen and oxygen atoms in total. The number of rotatable bonds is 58. The van der Waals surface area contributed by atoms with Crippen LogP contribution in [-0.2, 0) is 92.7 Å². The van der Waals surface area contributed by atoms with E-state index in [1.54, 1.807) is 53.2 Å². The molecule has 0 unspecified atom stereocenters. The van der Waals surface area contributed by atoms with E-state index in [0.717, 1.165) is 16.7 Å². The molecule has 0 aromatic carbocycles. The van der Waals surface area contributed by atoms with Gasteiger partial charge in [0.15, 0.2) is 0 Å². The first-order valence-corrected chi connectivity index (χ1v) is 48.0. The van der Waals surface area contributed by atoms with Gasteiger partial charge in [-0.3, -0.25) is 81.6 Å². The van der Waals surface area contributed by atoms with E-state index in [-0.39, 0.29) is 133 Å². The van der Waals surface area contributed by atoms with Gasteiger partial charge in [-0.2, -0.15) is 0 Å². The van der Waals surface area contributed by atoms with E-state index in [4.69, 9.17) is 9.47 Å². The maximum Gasteiger partial charge on any atom is 0.267 e. The Labute approximate surface area is 768 Å². The zero-order valence-corrected chi connectivity index (χ0v) is 79.1. The molecular weight excluding hydrogens is 1710 g/mol. The Morgan fingerprint density at radius 3 is 0.922 bits per heavy atom. The predicted octanol–water partition coefficient (Wildman–Crippen LogP) is -2.60. The van der Waals surface area contributed by atoms with Crippen molar-refractivity contribution >= 4 is 118 Å². The third kappa shape index (κ3) is 46.1. The summed E-state index contributed by atoms with van der Waals surface area (Å²) >= 11 is 2.50. The van der Waals surface area contributed by atoms with Crippen molar-refractivity contribution in [1.82, 2.24) is 126 Å². The molecule has 1 aromatic rings. The van der Waals surface area contributed by atoms with Gasteiger partial charge in [0, 0.05) is 43.5 Å². The van der Waals surface area contributed by atoms with Crippen molar-refractivity contribution < 1.29 is 86.2 Å². The van der Waals surface area contributed by atoms with Gasteiger partial charge in [0.05, 0.1) is 50.6 Å². The first kappa shape index (κ1) is 112. The largest absolute Gasteiger partial charge is 0.377 e. The molecule has 4 heterocycles. The lowest BCUT2D eigenvalue weighted by Crippen LogP contribution is -2.60. The molecule has 16 amide bonds. The van der Waals surface area contributed by atoms with Crippen LogP contribution in [0.2, 0.25) is 0 Å². The summed E-state index contributed by atoms with van der Waals surface area (Å²) in [6, 6.07) is -13.4. The number of carbonyl (C=O) groups excluding carboxylic acids is 16. The molecule has 3 aliphatic heterocycles. The molecule has 20 N–H and O–H groups in total. The lowest BCUT2D eigenvalue weighted by atomic mass is 10.0. The van der Waals surface area contributed by atoms with Crippen molar-refractivity contribution in [3.05, 3.63) is 17.2 Å². The molecule has 0 spiro atoms. The molecule has 730 valence electrons. The monoisotopic (exact) mass is 1860 g/mol. The molecule has 0 saturated carbocycles. The fourth-order valence-electron chi connectivity index (χ4n) is 14.0. The first-order valence-electron chi connectivity index (χ1n) is 46.0. The number of aromatic nitrogens is 3. The van der Waals surface area contributed by atoms with Crippen LogP contribution in [0, 0.1) is 0 Å². The maximum atomic E-state index is 14.4. The molecular formula is C85H150N24O18S2. The number of ether oxygens (including phenoxy) is 2. The van der Waals surface area contributed by atoms with Crippen molar-refractivity contribution in [2.75, 3.05) is 139 Å². The molecule has 3 aliphatic rings. The SMILES string of the molecule is CNCCCC[C@@H]1NC(=O)[C@@H](C)NC(=O)[C@H](CCCCNC)NC(=O)[C@@H](CCCCNC(=O)CCCSc2cn(CCOCCOCCN3C(=O)C=C(SCCC(=O)NCCCC[C@H]4NC(=O)[C@H](CCCCNC)NC(=O)[C@@H](C)NC(=O)[C@H](CCCCNC)NC(=O)[C@@H](C)NC(=O)[C@H](CCCCNC)NC4=O)C3=O)nn2)NC(=O)[C@H](CCCCNC)NC(=O)[C@@H](C)NC1=O. The molecule has 0 bridgehead atoms. The quantitative estimate of drug-likeness (QED) is 0.0181. The number of nitrogens with zero attached hydrogens (tertiary/aromatic N) is 4. The fraction of sp³-hybridized carbons (Fsp3) is 0.765. The molecule has 44 heteroatoms. The number of hydrogen-bond acceptors (Lipinski definition) is 28. The highest BCUT2D eigenvalue weighted by Crippen LogP contribution is 2.25. The van der Waals surface area contributed by atoms with Crippen LogP contribution in [0.4, 0.5) is 0 Å².